The van der Waals surface area contributed by atoms with Crippen LogP contribution in [0.1, 0.15) is 58.5 Å². The van der Waals surface area contributed by atoms with E-state index < -0.39 is 5.54 Å². The summed E-state index contributed by atoms with van der Waals surface area (Å²) in [5.74, 6) is -0.0598. The van der Waals surface area contributed by atoms with E-state index in [0.29, 0.717) is 9.90 Å². The van der Waals surface area contributed by atoms with Crippen LogP contribution in [-0.4, -0.2) is 21.5 Å². The molecule has 0 unspecified atom stereocenters. The zero-order valence-corrected chi connectivity index (χ0v) is 21.6. The van der Waals surface area contributed by atoms with Crippen molar-refractivity contribution in [3.05, 3.63) is 74.5 Å². The Kier molecular flexibility index (Phi) is 5.92. The van der Waals surface area contributed by atoms with Crippen LogP contribution < -0.4 is 0 Å². The molecule has 1 aromatic heterocycles. The van der Waals surface area contributed by atoms with Gasteiger partial charge in [-0.05, 0) is 50.8 Å². The first-order valence-corrected chi connectivity index (χ1v) is 13.4. The van der Waals surface area contributed by atoms with Gasteiger partial charge in [-0.1, -0.05) is 85.1 Å². The van der Waals surface area contributed by atoms with Crippen LogP contribution in [0.15, 0.2) is 52.9 Å². The van der Waals surface area contributed by atoms with Gasteiger partial charge in [0.1, 0.15) is 4.88 Å². The Hall–Kier alpha value is -2.08. The molecule has 1 aliphatic carbocycles. The van der Waals surface area contributed by atoms with Crippen LogP contribution in [-0.2, 0) is 0 Å². The average Bonchev–Trinajstić information content (AvgIpc) is 3.25. The maximum atomic E-state index is 14.2. The van der Waals surface area contributed by atoms with Crippen LogP contribution in [0.3, 0.4) is 0 Å². The Balaban J connectivity index is 1.67. The van der Waals surface area contributed by atoms with Gasteiger partial charge in [0.15, 0.2) is 5.17 Å². The molecule has 1 spiro atoms. The van der Waals surface area contributed by atoms with Gasteiger partial charge in [-0.2, -0.15) is 0 Å². The summed E-state index contributed by atoms with van der Waals surface area (Å²) >= 11 is 9.78. The van der Waals surface area contributed by atoms with Crippen molar-refractivity contribution in [1.82, 2.24) is 4.90 Å². The van der Waals surface area contributed by atoms with Crippen LogP contribution in [0.2, 0.25) is 5.02 Å². The second kappa shape index (κ2) is 8.61. The number of aliphatic imine (C=N–C) groups is 1. The number of fused-ring (bicyclic) bond motifs is 1. The highest BCUT2D eigenvalue weighted by Crippen LogP contribution is 2.52. The van der Waals surface area contributed by atoms with Crippen molar-refractivity contribution < 1.29 is 4.79 Å². The van der Waals surface area contributed by atoms with Gasteiger partial charge >= 0.3 is 0 Å². The zero-order chi connectivity index (χ0) is 23.3. The number of hydrogen-bond donors (Lipinski definition) is 0. The molecule has 1 saturated heterocycles. The van der Waals surface area contributed by atoms with Crippen molar-refractivity contribution in [1.29, 1.82) is 0 Å². The van der Waals surface area contributed by atoms with Gasteiger partial charge in [-0.3, -0.25) is 9.69 Å². The smallest absolute Gasteiger partial charge is 0.272 e. The van der Waals surface area contributed by atoms with Gasteiger partial charge < -0.3 is 0 Å². The van der Waals surface area contributed by atoms with Crippen LogP contribution in [0.5, 0.6) is 0 Å². The summed E-state index contributed by atoms with van der Waals surface area (Å²) in [4.78, 5) is 22.8. The fourth-order valence-electron chi connectivity index (χ4n) is 5.25. The van der Waals surface area contributed by atoms with E-state index in [2.05, 4.69) is 39.5 Å². The van der Waals surface area contributed by atoms with E-state index in [1.165, 1.54) is 23.3 Å². The van der Waals surface area contributed by atoms with Crippen molar-refractivity contribution in [2.45, 2.75) is 58.4 Å². The molecule has 0 atom stereocenters. The number of halogens is 1. The van der Waals surface area contributed by atoms with Crippen LogP contribution in [0.25, 0.3) is 10.1 Å². The van der Waals surface area contributed by atoms with Crippen molar-refractivity contribution in [2.75, 3.05) is 0 Å². The van der Waals surface area contributed by atoms with Crippen LogP contribution in [0, 0.1) is 20.8 Å². The van der Waals surface area contributed by atoms with E-state index in [0.717, 1.165) is 62.7 Å². The predicted octanol–water partition coefficient (Wildman–Crippen LogP) is 8.57. The molecule has 0 N–H and O–H groups in total. The topological polar surface area (TPSA) is 32.7 Å². The highest BCUT2D eigenvalue weighted by atomic mass is 35.5. The maximum Gasteiger partial charge on any atom is 0.272 e. The summed E-state index contributed by atoms with van der Waals surface area (Å²) in [5, 5.41) is 2.19. The third-order valence-electron chi connectivity index (χ3n) is 6.81. The van der Waals surface area contributed by atoms with Crippen LogP contribution in [0.4, 0.5) is 5.69 Å². The minimum Gasteiger partial charge on any atom is -0.275 e. The Bertz CT molecular complexity index is 1290. The Morgan fingerprint density at radius 1 is 1.09 bits per heavy atom. The molecule has 1 amide bonds. The molecular weight excluding hydrogens is 468 g/mol. The van der Waals surface area contributed by atoms with Crippen molar-refractivity contribution in [2.24, 2.45) is 4.99 Å². The largest absolute Gasteiger partial charge is 0.275 e. The van der Waals surface area contributed by atoms with Crippen molar-refractivity contribution in [3.8, 4) is 0 Å². The molecule has 2 aromatic carbocycles. The number of amides is 1. The molecule has 2 aliphatic rings. The molecule has 1 aliphatic heterocycles. The lowest BCUT2D eigenvalue weighted by Crippen LogP contribution is -2.50. The van der Waals surface area contributed by atoms with Crippen molar-refractivity contribution >= 4 is 61.5 Å². The van der Waals surface area contributed by atoms with E-state index in [1.54, 1.807) is 11.8 Å². The minimum absolute atomic E-state index is 0.0598. The third kappa shape index (κ3) is 3.74. The quantitative estimate of drug-likeness (QED) is 0.357. The number of carbonyl (C=O) groups is 1. The van der Waals surface area contributed by atoms with Gasteiger partial charge in [-0.15, -0.1) is 11.3 Å². The number of carbonyl (C=O) groups excluding carboxylic acids is 1. The molecule has 6 heteroatoms. The second-order valence-corrected chi connectivity index (χ2v) is 11.6. The number of thioether (sulfide) groups is 1. The first kappa shape index (κ1) is 22.7. The zero-order valence-electron chi connectivity index (χ0n) is 19.2. The molecule has 170 valence electrons. The SMILES string of the molecule is C=C1SC(=Nc2c(C)cc(C)cc2C)N(C(=O)c2sc3ccccc3c2Cl)C12CCCCC2. The lowest BCUT2D eigenvalue weighted by atomic mass is 9.80. The Morgan fingerprint density at radius 3 is 2.42 bits per heavy atom. The Labute approximate surface area is 208 Å². The van der Waals surface area contributed by atoms with Gasteiger partial charge in [0.05, 0.1) is 16.2 Å². The molecule has 5 rings (SSSR count). The molecule has 2 heterocycles. The van der Waals surface area contributed by atoms with E-state index in [4.69, 9.17) is 16.6 Å². The minimum atomic E-state index is -0.398. The number of nitrogens with zero attached hydrogens (tertiary/aromatic N) is 2. The second-order valence-electron chi connectivity index (χ2n) is 9.14. The monoisotopic (exact) mass is 494 g/mol. The fraction of sp³-hybridized carbons (Fsp3) is 0.333. The number of aryl methyl sites for hydroxylation is 3. The average molecular weight is 495 g/mol. The number of thiophene rings is 1. The summed E-state index contributed by atoms with van der Waals surface area (Å²) in [7, 11) is 0. The highest BCUT2D eigenvalue weighted by Gasteiger charge is 2.52. The standard InChI is InChI=1S/C27H27ClN2OS2/c1-16-14-17(2)23(18(3)15-16)29-26-30(27(19(4)32-26)12-8-5-9-13-27)25(31)24-22(28)20-10-6-7-11-21(20)33-24/h6-7,10-11,14-15H,4-5,8-9,12-13H2,1-3H3. The fourth-order valence-corrected chi connectivity index (χ4v) is 7.88. The number of rotatable bonds is 2. The summed E-state index contributed by atoms with van der Waals surface area (Å²) < 4.78 is 1.03. The molecular formula is C27H27ClN2OS2. The van der Waals surface area contributed by atoms with Crippen molar-refractivity contribution in [3.63, 3.8) is 0 Å². The lowest BCUT2D eigenvalue weighted by molar-refractivity contribution is 0.0706. The molecule has 0 radical (unpaired) electrons. The maximum absolute atomic E-state index is 14.2. The third-order valence-corrected chi connectivity index (χ3v) is 9.55. The summed E-state index contributed by atoms with van der Waals surface area (Å²) in [6, 6.07) is 12.2. The van der Waals surface area contributed by atoms with E-state index in [9.17, 15) is 4.79 Å². The number of hydrogen-bond acceptors (Lipinski definition) is 4. The molecule has 2 fully saturated rings. The molecule has 1 saturated carbocycles. The van der Waals surface area contributed by atoms with Crippen LogP contribution >= 0.6 is 34.7 Å². The van der Waals surface area contributed by atoms with E-state index in [-0.39, 0.29) is 5.91 Å². The molecule has 3 nitrogen and oxygen atoms in total. The molecule has 0 bridgehead atoms. The van der Waals surface area contributed by atoms with E-state index >= 15 is 0 Å². The van der Waals surface area contributed by atoms with E-state index in [1.807, 2.05) is 29.2 Å². The summed E-state index contributed by atoms with van der Waals surface area (Å²) in [5.41, 5.74) is 3.98. The normalized spacial score (nSPS) is 19.2. The lowest BCUT2D eigenvalue weighted by Gasteiger charge is -2.40. The van der Waals surface area contributed by atoms with Gasteiger partial charge in [0.2, 0.25) is 0 Å². The van der Waals surface area contributed by atoms with Gasteiger partial charge in [0.25, 0.3) is 5.91 Å². The van der Waals surface area contributed by atoms with Gasteiger partial charge in [0, 0.05) is 15.0 Å². The Morgan fingerprint density at radius 2 is 1.76 bits per heavy atom. The molecule has 33 heavy (non-hydrogen) atoms. The summed E-state index contributed by atoms with van der Waals surface area (Å²) in [6.45, 7) is 10.7. The highest BCUT2D eigenvalue weighted by molar-refractivity contribution is 8.17. The predicted molar refractivity (Wildman–Crippen MR) is 143 cm³/mol. The first-order chi connectivity index (χ1) is 15.8. The number of benzene rings is 2. The van der Waals surface area contributed by atoms with Gasteiger partial charge in [-0.25, -0.2) is 4.99 Å². The first-order valence-electron chi connectivity index (χ1n) is 11.4. The number of amidine groups is 1. The molecule has 3 aromatic rings. The summed E-state index contributed by atoms with van der Waals surface area (Å²) in [6.07, 6.45) is 5.18.